The largest absolute Gasteiger partial charge is 0.246 e. The Labute approximate surface area is 208 Å². The van der Waals surface area contributed by atoms with Crippen molar-refractivity contribution in [2.45, 2.75) is 0 Å². The molecule has 0 saturated heterocycles. The minimum Gasteiger partial charge on any atom is -0.246 e. The minimum absolute atomic E-state index is 1.06. The number of fused-ring (bicyclic) bond motifs is 9. The van der Waals surface area contributed by atoms with Crippen molar-refractivity contribution in [3.05, 3.63) is 127 Å². The van der Waals surface area contributed by atoms with Gasteiger partial charge in [0.2, 0.25) is 0 Å². The zero-order valence-electron chi connectivity index (χ0n) is 19.6. The standard InChI is InChI=1S/C35H21N/c1-5-13-26-22(9-1)17-19-30-33(31-20-18-23-10-2-6-14-27(23)35(31)36-34(26)30)32-21-24-11-3-4-12-25(24)28-15-7-8-16-29(28)32/h1-21H. The van der Waals surface area contributed by atoms with Crippen LogP contribution in [0.5, 0.6) is 0 Å². The van der Waals surface area contributed by atoms with Gasteiger partial charge in [0.15, 0.2) is 0 Å². The second-order valence-electron chi connectivity index (χ2n) is 9.54. The first kappa shape index (κ1) is 19.5. The molecule has 0 radical (unpaired) electrons. The Bertz CT molecular complexity index is 2060. The normalized spacial score (nSPS) is 11.9. The van der Waals surface area contributed by atoms with Gasteiger partial charge in [-0.15, -0.1) is 0 Å². The molecule has 1 heteroatoms. The highest BCUT2D eigenvalue weighted by Gasteiger charge is 2.18. The molecule has 36 heavy (non-hydrogen) atoms. The van der Waals surface area contributed by atoms with E-state index < -0.39 is 0 Å². The summed E-state index contributed by atoms with van der Waals surface area (Å²) in [6.07, 6.45) is 0. The average Bonchev–Trinajstić information content (AvgIpc) is 2.95. The second kappa shape index (κ2) is 7.37. The predicted octanol–water partition coefficient (Wildman–Crippen LogP) is 9.67. The summed E-state index contributed by atoms with van der Waals surface area (Å²) in [7, 11) is 0. The lowest BCUT2D eigenvalue weighted by molar-refractivity contribution is 1.53. The number of hydrogen-bond acceptors (Lipinski definition) is 1. The number of pyridine rings is 1. The minimum atomic E-state index is 1.06. The van der Waals surface area contributed by atoms with Gasteiger partial charge in [-0.2, -0.15) is 0 Å². The number of hydrogen-bond donors (Lipinski definition) is 0. The van der Waals surface area contributed by atoms with Gasteiger partial charge in [-0.1, -0.05) is 121 Å². The molecule has 8 rings (SSSR count). The van der Waals surface area contributed by atoms with Crippen LogP contribution in [0, 0.1) is 0 Å². The number of rotatable bonds is 1. The molecule has 0 aliphatic carbocycles. The first-order valence-corrected chi connectivity index (χ1v) is 12.4. The molecule has 7 aromatic carbocycles. The fraction of sp³-hybridized carbons (Fsp3) is 0. The Morgan fingerprint density at radius 3 is 1.42 bits per heavy atom. The molecule has 0 atom stereocenters. The molecule has 1 heterocycles. The quantitative estimate of drug-likeness (QED) is 0.177. The molecular weight excluding hydrogens is 434 g/mol. The van der Waals surface area contributed by atoms with E-state index in [0.717, 1.165) is 11.0 Å². The van der Waals surface area contributed by atoms with Gasteiger partial charge in [0.25, 0.3) is 0 Å². The first-order valence-electron chi connectivity index (χ1n) is 12.4. The van der Waals surface area contributed by atoms with Crippen LogP contribution in [-0.2, 0) is 0 Å². The van der Waals surface area contributed by atoms with Crippen LogP contribution in [0.15, 0.2) is 127 Å². The van der Waals surface area contributed by atoms with Crippen LogP contribution < -0.4 is 0 Å². The molecule has 1 aromatic heterocycles. The van der Waals surface area contributed by atoms with Crippen LogP contribution in [0.1, 0.15) is 0 Å². The zero-order chi connectivity index (χ0) is 23.6. The van der Waals surface area contributed by atoms with E-state index in [0.29, 0.717) is 0 Å². The summed E-state index contributed by atoms with van der Waals surface area (Å²) >= 11 is 0. The summed E-state index contributed by atoms with van der Waals surface area (Å²) in [5, 5.41) is 12.3. The Balaban J connectivity index is 1.67. The van der Waals surface area contributed by atoms with Crippen LogP contribution in [0.25, 0.3) is 76.0 Å². The third-order valence-corrected chi connectivity index (χ3v) is 7.60. The molecule has 0 aliphatic rings. The lowest BCUT2D eigenvalue weighted by Gasteiger charge is -2.17. The molecule has 1 nitrogen and oxygen atoms in total. The maximum absolute atomic E-state index is 5.36. The highest BCUT2D eigenvalue weighted by atomic mass is 14.7. The van der Waals surface area contributed by atoms with Crippen molar-refractivity contribution in [3.8, 4) is 11.1 Å². The van der Waals surface area contributed by atoms with Crippen LogP contribution in [0.2, 0.25) is 0 Å². The highest BCUT2D eigenvalue weighted by Crippen LogP contribution is 2.43. The summed E-state index contributed by atoms with van der Waals surface area (Å²) < 4.78 is 0. The van der Waals surface area contributed by atoms with Crippen LogP contribution in [0.4, 0.5) is 0 Å². The van der Waals surface area contributed by atoms with Crippen LogP contribution >= 0.6 is 0 Å². The molecule has 0 spiro atoms. The van der Waals surface area contributed by atoms with E-state index in [1.807, 2.05) is 0 Å². The van der Waals surface area contributed by atoms with Gasteiger partial charge >= 0.3 is 0 Å². The number of benzene rings is 7. The van der Waals surface area contributed by atoms with E-state index in [4.69, 9.17) is 4.98 Å². The predicted molar refractivity (Wildman–Crippen MR) is 155 cm³/mol. The molecule has 0 fully saturated rings. The molecule has 0 N–H and O–H groups in total. The molecule has 0 amide bonds. The lowest BCUT2D eigenvalue weighted by Crippen LogP contribution is -1.93. The van der Waals surface area contributed by atoms with E-state index in [1.54, 1.807) is 0 Å². The monoisotopic (exact) mass is 455 g/mol. The zero-order valence-corrected chi connectivity index (χ0v) is 19.6. The fourth-order valence-electron chi connectivity index (χ4n) is 5.96. The summed E-state index contributed by atoms with van der Waals surface area (Å²) in [5.41, 5.74) is 4.63. The number of aromatic nitrogens is 1. The molecule has 8 aromatic rings. The highest BCUT2D eigenvalue weighted by molar-refractivity contribution is 6.25. The van der Waals surface area contributed by atoms with Gasteiger partial charge in [0.05, 0.1) is 11.0 Å². The van der Waals surface area contributed by atoms with Crippen molar-refractivity contribution in [1.82, 2.24) is 4.98 Å². The summed E-state index contributed by atoms with van der Waals surface area (Å²) in [5.74, 6) is 0. The maximum atomic E-state index is 5.36. The summed E-state index contributed by atoms with van der Waals surface area (Å²) in [4.78, 5) is 5.36. The Kier molecular flexibility index (Phi) is 4.00. The van der Waals surface area contributed by atoms with Crippen molar-refractivity contribution in [1.29, 1.82) is 0 Å². The van der Waals surface area contributed by atoms with Gasteiger partial charge < -0.3 is 0 Å². The lowest BCUT2D eigenvalue weighted by atomic mass is 9.88. The SMILES string of the molecule is c1ccc2c(c1)cc(-c1c3ccc4ccccc4c3nc3c1ccc1ccccc13)c1ccccc12. The van der Waals surface area contributed by atoms with Gasteiger partial charge in [-0.25, -0.2) is 4.98 Å². The Hall–Kier alpha value is -4.75. The van der Waals surface area contributed by atoms with Crippen molar-refractivity contribution < 1.29 is 0 Å². The van der Waals surface area contributed by atoms with E-state index in [2.05, 4.69) is 127 Å². The summed E-state index contributed by atoms with van der Waals surface area (Å²) in [6.45, 7) is 0. The van der Waals surface area contributed by atoms with E-state index in [-0.39, 0.29) is 0 Å². The second-order valence-corrected chi connectivity index (χ2v) is 9.54. The van der Waals surface area contributed by atoms with Gasteiger partial charge in [0.1, 0.15) is 0 Å². The van der Waals surface area contributed by atoms with Gasteiger partial charge in [-0.05, 0) is 43.9 Å². The van der Waals surface area contributed by atoms with Gasteiger partial charge in [-0.3, -0.25) is 0 Å². The van der Waals surface area contributed by atoms with Crippen LogP contribution in [0.3, 0.4) is 0 Å². The molecular formula is C35H21N. The molecule has 0 bridgehead atoms. The molecule has 0 saturated carbocycles. The average molecular weight is 456 g/mol. The first-order chi connectivity index (χ1) is 17.9. The summed E-state index contributed by atoms with van der Waals surface area (Å²) in [6, 6.07) is 46.0. The molecule has 0 aliphatic heterocycles. The fourth-order valence-corrected chi connectivity index (χ4v) is 5.96. The Morgan fingerprint density at radius 1 is 0.333 bits per heavy atom. The van der Waals surface area contributed by atoms with E-state index in [1.165, 1.54) is 65.0 Å². The van der Waals surface area contributed by atoms with E-state index in [9.17, 15) is 0 Å². The molecule has 0 unspecified atom stereocenters. The van der Waals surface area contributed by atoms with Crippen molar-refractivity contribution in [2.75, 3.05) is 0 Å². The molecule has 166 valence electrons. The maximum Gasteiger partial charge on any atom is 0.0794 e. The topological polar surface area (TPSA) is 12.9 Å². The Morgan fingerprint density at radius 2 is 0.806 bits per heavy atom. The van der Waals surface area contributed by atoms with Crippen LogP contribution in [-0.4, -0.2) is 4.98 Å². The number of nitrogens with zero attached hydrogens (tertiary/aromatic N) is 1. The van der Waals surface area contributed by atoms with Crippen molar-refractivity contribution in [2.24, 2.45) is 0 Å². The smallest absolute Gasteiger partial charge is 0.0794 e. The van der Waals surface area contributed by atoms with E-state index >= 15 is 0 Å². The third-order valence-electron chi connectivity index (χ3n) is 7.60. The van der Waals surface area contributed by atoms with Gasteiger partial charge in [0, 0.05) is 27.1 Å². The van der Waals surface area contributed by atoms with Crippen molar-refractivity contribution in [3.63, 3.8) is 0 Å². The third kappa shape index (κ3) is 2.68. The van der Waals surface area contributed by atoms with Crippen molar-refractivity contribution >= 4 is 64.9 Å².